The number of primary amides is 1. The molecule has 218 valence electrons. The molecule has 1 aromatic carbocycles. The standard InChI is InChI=1S/C26H36N6O8/c1-3-13(2)22(25(38)31-19(26(39)40)11-20(28)33)32-24(37)18(8-9-21(34)35)30-23(36)16(27)10-14-12-29-17-7-5-4-6-15(14)17/h4-7,12-13,16,18-19,22,29H,3,8-11,27H2,1-2H3,(H2,28,33)(H,30,36)(H,31,38)(H,32,37)(H,34,35)(H,39,40). The summed E-state index contributed by atoms with van der Waals surface area (Å²) < 4.78 is 0. The number of aliphatic carboxylic acids is 2. The molecule has 2 aromatic rings. The van der Waals surface area contributed by atoms with Crippen LogP contribution in [0.3, 0.4) is 0 Å². The number of aromatic amines is 1. The molecule has 0 bridgehead atoms. The Bertz CT molecular complexity index is 1240. The molecular formula is C26H36N6O8. The van der Waals surface area contributed by atoms with Crippen LogP contribution in [0, 0.1) is 5.92 Å². The molecule has 5 atom stereocenters. The number of carbonyl (C=O) groups is 6. The number of nitrogens with one attached hydrogen (secondary N) is 4. The number of fused-ring (bicyclic) bond motifs is 1. The van der Waals surface area contributed by atoms with Crippen LogP contribution in [0.5, 0.6) is 0 Å². The van der Waals surface area contributed by atoms with E-state index in [9.17, 15) is 33.9 Å². The minimum atomic E-state index is -1.61. The number of rotatable bonds is 16. The minimum absolute atomic E-state index is 0.136. The number of carboxylic acids is 2. The first kappa shape index (κ1) is 31.8. The summed E-state index contributed by atoms with van der Waals surface area (Å²) >= 11 is 0. The third-order valence-electron chi connectivity index (χ3n) is 6.54. The molecule has 0 aliphatic heterocycles. The number of para-hydroxylation sites is 1. The molecule has 14 nitrogen and oxygen atoms in total. The number of hydrogen-bond acceptors (Lipinski definition) is 7. The van der Waals surface area contributed by atoms with E-state index < -0.39 is 78.5 Å². The Kier molecular flexibility index (Phi) is 11.6. The summed E-state index contributed by atoms with van der Waals surface area (Å²) in [7, 11) is 0. The second-order valence-electron chi connectivity index (χ2n) is 9.61. The van der Waals surface area contributed by atoms with Gasteiger partial charge in [0.2, 0.25) is 23.6 Å². The van der Waals surface area contributed by atoms with E-state index in [-0.39, 0.29) is 12.8 Å². The van der Waals surface area contributed by atoms with Crippen LogP contribution in [-0.2, 0) is 35.2 Å². The number of hydrogen-bond donors (Lipinski definition) is 8. The van der Waals surface area contributed by atoms with Crippen molar-refractivity contribution in [3.8, 4) is 0 Å². The van der Waals surface area contributed by atoms with E-state index in [0.29, 0.717) is 6.42 Å². The fraction of sp³-hybridized carbons (Fsp3) is 0.462. The molecule has 2 rings (SSSR count). The van der Waals surface area contributed by atoms with Gasteiger partial charge in [-0.3, -0.25) is 24.0 Å². The molecule has 40 heavy (non-hydrogen) atoms. The highest BCUT2D eigenvalue weighted by molar-refractivity contribution is 5.95. The van der Waals surface area contributed by atoms with Crippen molar-refractivity contribution >= 4 is 46.5 Å². The van der Waals surface area contributed by atoms with E-state index in [4.69, 9.17) is 16.6 Å². The molecule has 0 aliphatic carbocycles. The van der Waals surface area contributed by atoms with Crippen molar-refractivity contribution in [3.63, 3.8) is 0 Å². The Hall–Kier alpha value is -4.46. The minimum Gasteiger partial charge on any atom is -0.481 e. The molecule has 1 heterocycles. The molecule has 1 aromatic heterocycles. The lowest BCUT2D eigenvalue weighted by Crippen LogP contribution is -2.59. The Labute approximate surface area is 230 Å². The van der Waals surface area contributed by atoms with Gasteiger partial charge in [0.05, 0.1) is 12.5 Å². The van der Waals surface area contributed by atoms with Crippen LogP contribution < -0.4 is 27.4 Å². The van der Waals surface area contributed by atoms with E-state index in [2.05, 4.69) is 20.9 Å². The highest BCUT2D eigenvalue weighted by Gasteiger charge is 2.33. The Balaban J connectivity index is 2.17. The quantitative estimate of drug-likeness (QED) is 0.130. The predicted octanol–water partition coefficient (Wildman–Crippen LogP) is -0.637. The Morgan fingerprint density at radius 1 is 0.950 bits per heavy atom. The molecule has 0 radical (unpaired) electrons. The maximum absolute atomic E-state index is 13.2. The molecule has 4 amide bonds. The summed E-state index contributed by atoms with van der Waals surface area (Å²) in [6, 6.07) is 2.15. The second kappa shape index (κ2) is 14.6. The fourth-order valence-corrected chi connectivity index (χ4v) is 4.06. The lowest BCUT2D eigenvalue weighted by atomic mass is 9.97. The van der Waals surface area contributed by atoms with Crippen LogP contribution in [0.15, 0.2) is 30.5 Å². The van der Waals surface area contributed by atoms with Crippen LogP contribution >= 0.6 is 0 Å². The van der Waals surface area contributed by atoms with Gasteiger partial charge in [-0.05, 0) is 30.4 Å². The average molecular weight is 561 g/mol. The van der Waals surface area contributed by atoms with E-state index >= 15 is 0 Å². The van der Waals surface area contributed by atoms with Gasteiger partial charge >= 0.3 is 11.9 Å². The summed E-state index contributed by atoms with van der Waals surface area (Å²) in [5.41, 5.74) is 12.8. The van der Waals surface area contributed by atoms with Gasteiger partial charge in [-0.25, -0.2) is 4.79 Å². The lowest BCUT2D eigenvalue weighted by molar-refractivity contribution is -0.144. The molecule has 0 fully saturated rings. The number of nitrogens with two attached hydrogens (primary N) is 2. The first-order valence-corrected chi connectivity index (χ1v) is 12.8. The van der Waals surface area contributed by atoms with Gasteiger partial charge < -0.3 is 42.6 Å². The van der Waals surface area contributed by atoms with Gasteiger partial charge in [-0.1, -0.05) is 38.5 Å². The van der Waals surface area contributed by atoms with Crippen molar-refractivity contribution in [2.24, 2.45) is 17.4 Å². The Morgan fingerprint density at radius 3 is 2.20 bits per heavy atom. The monoisotopic (exact) mass is 560 g/mol. The fourth-order valence-electron chi connectivity index (χ4n) is 4.06. The number of amides is 4. The predicted molar refractivity (Wildman–Crippen MR) is 144 cm³/mol. The Morgan fingerprint density at radius 2 is 1.60 bits per heavy atom. The average Bonchev–Trinajstić information content (AvgIpc) is 3.30. The highest BCUT2D eigenvalue weighted by Crippen LogP contribution is 2.19. The van der Waals surface area contributed by atoms with Gasteiger partial charge in [-0.2, -0.15) is 0 Å². The zero-order chi connectivity index (χ0) is 30.0. The van der Waals surface area contributed by atoms with E-state index in [1.807, 2.05) is 24.3 Å². The van der Waals surface area contributed by atoms with Gasteiger partial charge in [0.15, 0.2) is 0 Å². The van der Waals surface area contributed by atoms with E-state index in [0.717, 1.165) is 16.5 Å². The van der Waals surface area contributed by atoms with Crippen LogP contribution in [0.25, 0.3) is 10.9 Å². The summed E-state index contributed by atoms with van der Waals surface area (Å²) in [5.74, 6) is -6.57. The van der Waals surface area contributed by atoms with E-state index in [1.165, 1.54) is 0 Å². The molecule has 0 spiro atoms. The van der Waals surface area contributed by atoms with Crippen LogP contribution in [0.4, 0.5) is 0 Å². The van der Waals surface area contributed by atoms with Crippen LogP contribution in [-0.4, -0.2) is 74.9 Å². The smallest absolute Gasteiger partial charge is 0.326 e. The molecule has 0 saturated carbocycles. The highest BCUT2D eigenvalue weighted by atomic mass is 16.4. The summed E-state index contributed by atoms with van der Waals surface area (Å²) in [6.07, 6.45) is 0.847. The maximum atomic E-state index is 13.2. The summed E-state index contributed by atoms with van der Waals surface area (Å²) in [4.78, 5) is 76.0. The largest absolute Gasteiger partial charge is 0.481 e. The summed E-state index contributed by atoms with van der Waals surface area (Å²) in [6.45, 7) is 3.37. The van der Waals surface area contributed by atoms with E-state index in [1.54, 1.807) is 20.0 Å². The molecule has 10 N–H and O–H groups in total. The number of carbonyl (C=O) groups excluding carboxylic acids is 4. The van der Waals surface area contributed by atoms with Gasteiger partial charge in [-0.15, -0.1) is 0 Å². The first-order valence-electron chi connectivity index (χ1n) is 12.8. The molecule has 14 heteroatoms. The van der Waals surface area contributed by atoms with Crippen molar-refractivity contribution in [1.29, 1.82) is 0 Å². The second-order valence-corrected chi connectivity index (χ2v) is 9.61. The normalized spacial score (nSPS) is 14.8. The van der Waals surface area contributed by atoms with Crippen molar-refractivity contribution in [2.75, 3.05) is 0 Å². The molecular weight excluding hydrogens is 524 g/mol. The van der Waals surface area contributed by atoms with Crippen molar-refractivity contribution in [1.82, 2.24) is 20.9 Å². The van der Waals surface area contributed by atoms with Gasteiger partial charge in [0.1, 0.15) is 18.1 Å². The SMILES string of the molecule is CCC(C)C(NC(=O)C(CCC(=O)O)NC(=O)C(N)Cc1c[nH]c2ccccc12)C(=O)NC(CC(N)=O)C(=O)O. The topological polar surface area (TPSA) is 247 Å². The number of carboxylic acid groups (broad SMARTS) is 2. The third-order valence-corrected chi connectivity index (χ3v) is 6.54. The maximum Gasteiger partial charge on any atom is 0.326 e. The lowest BCUT2D eigenvalue weighted by Gasteiger charge is -2.28. The molecule has 5 unspecified atom stereocenters. The number of benzene rings is 1. The van der Waals surface area contributed by atoms with Crippen LogP contribution in [0.2, 0.25) is 0 Å². The number of H-pyrrole nitrogens is 1. The van der Waals surface area contributed by atoms with Crippen molar-refractivity contribution in [2.45, 2.75) is 70.1 Å². The van der Waals surface area contributed by atoms with Crippen LogP contribution in [0.1, 0.15) is 45.1 Å². The van der Waals surface area contributed by atoms with Crippen molar-refractivity contribution in [3.05, 3.63) is 36.0 Å². The van der Waals surface area contributed by atoms with Gasteiger partial charge in [0.25, 0.3) is 0 Å². The first-order chi connectivity index (χ1) is 18.8. The third kappa shape index (κ3) is 9.08. The summed E-state index contributed by atoms with van der Waals surface area (Å²) in [5, 5.41) is 26.5. The molecule has 0 saturated heterocycles. The molecule has 0 aliphatic rings. The number of aromatic nitrogens is 1. The zero-order valence-electron chi connectivity index (χ0n) is 22.3. The van der Waals surface area contributed by atoms with Crippen molar-refractivity contribution < 1.29 is 39.0 Å². The van der Waals surface area contributed by atoms with Gasteiger partial charge in [0, 0.05) is 23.5 Å². The zero-order valence-corrected chi connectivity index (χ0v) is 22.3.